The number of hydrogen-bond donors (Lipinski definition) is 4. The number of hydrogen-bond acceptors (Lipinski definition) is 10. The Morgan fingerprint density at radius 2 is 1.21 bits per heavy atom. The minimum Gasteiger partial charge on any atom is -0.394 e. The molecule has 0 spiro atoms. The zero-order chi connectivity index (χ0) is 28.0. The molecule has 0 saturated carbocycles. The lowest BCUT2D eigenvalue weighted by Crippen LogP contribution is -2.33. The summed E-state index contributed by atoms with van der Waals surface area (Å²) in [7, 11) is 0. The molecular weight excluding hydrogens is 508 g/mol. The van der Waals surface area contributed by atoms with Gasteiger partial charge in [0.1, 0.15) is 12.5 Å². The standard InChI is InChI=1S/2C10H13N5O4/c2*1-5-3-15(10(18)12-9(5)17)8-2-6(13-14-11)7(4-16)19-8/h2*3,6-8,16H,2,4H2,1H3,(H,12,17,18)/t6?,7-,8-;6-,7+,8+/m10/s1. The van der Waals surface area contributed by atoms with Gasteiger partial charge in [0.25, 0.3) is 11.1 Å². The first kappa shape index (κ1) is 28.4. The summed E-state index contributed by atoms with van der Waals surface area (Å²) in [5, 5.41) is 25.3. The Hall–Kier alpha value is -4.18. The Kier molecular flexibility index (Phi) is 9.25. The van der Waals surface area contributed by atoms with Crippen LogP contribution in [-0.4, -0.2) is 66.8 Å². The largest absolute Gasteiger partial charge is 0.394 e. The molecule has 0 bridgehead atoms. The highest BCUT2D eigenvalue weighted by atomic mass is 16.5. The van der Waals surface area contributed by atoms with Crippen molar-refractivity contribution in [3.63, 3.8) is 0 Å². The van der Waals surface area contributed by atoms with Crippen molar-refractivity contribution in [2.45, 2.75) is 63.4 Å². The molecule has 2 aliphatic rings. The SMILES string of the molecule is Cc1cn([C@H]2CC(N=[N+]=[N-])[C@@H](CO)O2)c(=O)[nH]c1=O.Cc1cn([C@H]2C[C@H](N=[N+]=[N-])[C@@H](CO)O2)c(=O)[nH]c1=O. The first-order chi connectivity index (χ1) is 18.1. The van der Waals surface area contributed by atoms with Gasteiger partial charge in [-0.05, 0) is 24.9 Å². The first-order valence-corrected chi connectivity index (χ1v) is 11.4. The van der Waals surface area contributed by atoms with Gasteiger partial charge >= 0.3 is 11.4 Å². The predicted molar refractivity (Wildman–Crippen MR) is 129 cm³/mol. The summed E-state index contributed by atoms with van der Waals surface area (Å²) in [6, 6.07) is -1.08. The van der Waals surface area contributed by atoms with Crippen LogP contribution in [0.4, 0.5) is 0 Å². The van der Waals surface area contributed by atoms with Gasteiger partial charge < -0.3 is 19.7 Å². The van der Waals surface area contributed by atoms with Crippen molar-refractivity contribution in [2.75, 3.05) is 13.2 Å². The van der Waals surface area contributed by atoms with E-state index in [0.717, 1.165) is 0 Å². The molecular formula is C20H26N10O8. The summed E-state index contributed by atoms with van der Waals surface area (Å²) in [5.41, 5.74) is 15.5. The van der Waals surface area contributed by atoms with Gasteiger partial charge in [-0.25, -0.2) is 9.59 Å². The zero-order valence-corrected chi connectivity index (χ0v) is 20.4. The Labute approximate surface area is 212 Å². The number of nitrogens with one attached hydrogen (secondary N) is 2. The fraction of sp³-hybridized carbons (Fsp3) is 0.600. The van der Waals surface area contributed by atoms with Crippen LogP contribution in [0.2, 0.25) is 0 Å². The van der Waals surface area contributed by atoms with Gasteiger partial charge in [0, 0.05) is 46.2 Å². The molecule has 18 nitrogen and oxygen atoms in total. The number of aliphatic hydroxyl groups excluding tert-OH is 2. The second-order valence-electron chi connectivity index (χ2n) is 8.60. The van der Waals surface area contributed by atoms with Crippen LogP contribution in [0.25, 0.3) is 20.9 Å². The molecule has 18 heteroatoms. The number of aromatic amines is 2. The van der Waals surface area contributed by atoms with E-state index in [2.05, 4.69) is 30.0 Å². The maximum absolute atomic E-state index is 11.7. The molecule has 38 heavy (non-hydrogen) atoms. The minimum atomic E-state index is -0.671. The summed E-state index contributed by atoms with van der Waals surface area (Å²) in [6.07, 6.45) is 0.658. The van der Waals surface area contributed by atoms with Gasteiger partial charge in [-0.15, -0.1) is 0 Å². The third-order valence-corrected chi connectivity index (χ3v) is 6.08. The molecule has 0 amide bonds. The molecule has 2 aromatic heterocycles. The van der Waals surface area contributed by atoms with E-state index in [1.165, 1.54) is 21.5 Å². The Morgan fingerprint density at radius 3 is 1.53 bits per heavy atom. The molecule has 2 saturated heterocycles. The highest BCUT2D eigenvalue weighted by Gasteiger charge is 2.36. The van der Waals surface area contributed by atoms with E-state index in [-0.39, 0.29) is 26.1 Å². The molecule has 0 aliphatic carbocycles. The highest BCUT2D eigenvalue weighted by molar-refractivity contribution is 5.03. The molecule has 6 atom stereocenters. The zero-order valence-electron chi connectivity index (χ0n) is 20.4. The summed E-state index contributed by atoms with van der Waals surface area (Å²) in [5.74, 6) is 0. The van der Waals surface area contributed by atoms with Crippen LogP contribution in [0.5, 0.6) is 0 Å². The minimum absolute atomic E-state index is 0.265. The molecule has 1 unspecified atom stereocenters. The average Bonchev–Trinajstić information content (AvgIpc) is 3.48. The summed E-state index contributed by atoms with van der Waals surface area (Å²) >= 11 is 0. The van der Waals surface area contributed by atoms with Crippen LogP contribution in [-0.2, 0) is 9.47 Å². The van der Waals surface area contributed by atoms with Crippen molar-refractivity contribution in [3.8, 4) is 0 Å². The third kappa shape index (κ3) is 6.20. The number of aryl methyl sites for hydroxylation is 2. The molecule has 0 radical (unpaired) electrons. The molecule has 4 heterocycles. The molecule has 0 aromatic carbocycles. The van der Waals surface area contributed by atoms with Crippen LogP contribution in [0.15, 0.2) is 41.8 Å². The van der Waals surface area contributed by atoms with Gasteiger partial charge in [0.2, 0.25) is 0 Å². The van der Waals surface area contributed by atoms with E-state index in [4.69, 9.17) is 30.7 Å². The van der Waals surface area contributed by atoms with Crippen LogP contribution in [0, 0.1) is 13.8 Å². The van der Waals surface area contributed by atoms with E-state index in [0.29, 0.717) is 11.1 Å². The van der Waals surface area contributed by atoms with E-state index >= 15 is 0 Å². The van der Waals surface area contributed by atoms with Gasteiger partial charge in [0.15, 0.2) is 0 Å². The molecule has 204 valence electrons. The van der Waals surface area contributed by atoms with E-state index < -0.39 is 59.2 Å². The smallest absolute Gasteiger partial charge is 0.330 e. The van der Waals surface area contributed by atoms with Crippen molar-refractivity contribution in [3.05, 3.63) is 86.1 Å². The fourth-order valence-corrected chi connectivity index (χ4v) is 4.08. The summed E-state index contributed by atoms with van der Waals surface area (Å²) < 4.78 is 13.4. The molecule has 2 fully saturated rings. The predicted octanol–water partition coefficient (Wildman–Crippen LogP) is -0.393. The van der Waals surface area contributed by atoms with Crippen molar-refractivity contribution in [1.29, 1.82) is 0 Å². The van der Waals surface area contributed by atoms with Crippen molar-refractivity contribution in [2.24, 2.45) is 10.2 Å². The van der Waals surface area contributed by atoms with Gasteiger partial charge in [-0.1, -0.05) is 10.2 Å². The monoisotopic (exact) mass is 534 g/mol. The number of aliphatic hydroxyl groups is 2. The van der Waals surface area contributed by atoms with Gasteiger partial charge in [-0.3, -0.25) is 28.7 Å². The number of nitrogens with zero attached hydrogens (tertiary/aromatic N) is 8. The van der Waals surface area contributed by atoms with E-state index in [9.17, 15) is 19.2 Å². The number of ether oxygens (including phenoxy) is 2. The van der Waals surface area contributed by atoms with Crippen molar-refractivity contribution < 1.29 is 19.7 Å². The van der Waals surface area contributed by atoms with E-state index in [1.807, 2.05) is 0 Å². The summed E-state index contributed by atoms with van der Waals surface area (Å²) in [4.78, 5) is 55.7. The van der Waals surface area contributed by atoms with Crippen molar-refractivity contribution >= 4 is 0 Å². The molecule has 4 rings (SSSR count). The molecule has 2 aliphatic heterocycles. The maximum Gasteiger partial charge on any atom is 0.330 e. The lowest BCUT2D eigenvalue weighted by Gasteiger charge is -2.14. The fourth-order valence-electron chi connectivity index (χ4n) is 4.08. The first-order valence-electron chi connectivity index (χ1n) is 11.4. The second-order valence-corrected chi connectivity index (χ2v) is 8.60. The lowest BCUT2D eigenvalue weighted by molar-refractivity contribution is -0.0272. The van der Waals surface area contributed by atoms with Crippen molar-refractivity contribution in [1.82, 2.24) is 19.1 Å². The van der Waals surface area contributed by atoms with Crippen LogP contribution in [0.3, 0.4) is 0 Å². The highest BCUT2D eigenvalue weighted by Crippen LogP contribution is 2.30. The maximum atomic E-state index is 11.7. The Balaban J connectivity index is 0.000000211. The molecule has 4 N–H and O–H groups in total. The lowest BCUT2D eigenvalue weighted by atomic mass is 10.1. The number of H-pyrrole nitrogens is 2. The average molecular weight is 534 g/mol. The normalized spacial score (nSPS) is 26.1. The van der Waals surface area contributed by atoms with Gasteiger partial charge in [-0.2, -0.15) is 0 Å². The van der Waals surface area contributed by atoms with Crippen LogP contribution >= 0.6 is 0 Å². The van der Waals surface area contributed by atoms with E-state index in [1.54, 1.807) is 13.8 Å². The number of azide groups is 2. The van der Waals surface area contributed by atoms with Crippen LogP contribution in [0.1, 0.15) is 36.4 Å². The Morgan fingerprint density at radius 1 is 0.842 bits per heavy atom. The second kappa shape index (κ2) is 12.4. The Bertz CT molecular complexity index is 1370. The summed E-state index contributed by atoms with van der Waals surface area (Å²) in [6.45, 7) is 2.52. The molecule has 2 aromatic rings. The topological polar surface area (TPSA) is 266 Å². The quantitative estimate of drug-likeness (QED) is 0.215. The van der Waals surface area contributed by atoms with Gasteiger partial charge in [0.05, 0.1) is 37.5 Å². The van der Waals surface area contributed by atoms with Crippen LogP contribution < -0.4 is 22.5 Å². The number of aromatic nitrogens is 4. The third-order valence-electron chi connectivity index (χ3n) is 6.08. The number of rotatable bonds is 6.